The van der Waals surface area contributed by atoms with Gasteiger partial charge < -0.3 is 30.2 Å². The molecule has 4 rings (SSSR count). The molecule has 0 aliphatic heterocycles. The Morgan fingerprint density at radius 3 is 2.16 bits per heavy atom. The Labute approximate surface area is 284 Å². The molecule has 3 N–H and O–H groups in total. The van der Waals surface area contributed by atoms with E-state index in [1.54, 1.807) is 46.0 Å². The van der Waals surface area contributed by atoms with Crippen molar-refractivity contribution in [1.82, 2.24) is 25.1 Å². The lowest BCUT2D eigenvalue weighted by atomic mass is 10.0. The number of nitrogens with one attached hydrogen (secondary N) is 3. The molecule has 17 heteroatoms. The van der Waals surface area contributed by atoms with E-state index in [1.807, 2.05) is 6.07 Å². The first kappa shape index (κ1) is 37.3. The highest BCUT2D eigenvalue weighted by Gasteiger charge is 2.33. The number of nitrogens with zero attached hydrogens (tertiary/aromatic N) is 4. The molecule has 0 aliphatic carbocycles. The first-order chi connectivity index (χ1) is 23.2. The van der Waals surface area contributed by atoms with Crippen molar-refractivity contribution in [3.05, 3.63) is 59.0 Å². The van der Waals surface area contributed by atoms with Gasteiger partial charge in [-0.3, -0.25) is 4.79 Å². The third kappa shape index (κ3) is 9.15. The predicted molar refractivity (Wildman–Crippen MR) is 176 cm³/mol. The maximum Gasteiger partial charge on any atom is 0.514 e. The molecule has 50 heavy (non-hydrogen) atoms. The highest BCUT2D eigenvalue weighted by molar-refractivity contribution is 6.09. The van der Waals surface area contributed by atoms with Gasteiger partial charge in [0.2, 0.25) is 0 Å². The normalized spacial score (nSPS) is 12.0. The number of fused-ring (bicyclic) bond motifs is 1. The second-order valence-electron chi connectivity index (χ2n) is 13.0. The first-order valence-corrected chi connectivity index (χ1v) is 15.3. The summed E-state index contributed by atoms with van der Waals surface area (Å²) in [5, 5.41) is 12.6. The van der Waals surface area contributed by atoms with Gasteiger partial charge >= 0.3 is 18.4 Å². The summed E-state index contributed by atoms with van der Waals surface area (Å²) in [6.07, 6.45) is -8.82. The van der Waals surface area contributed by atoms with Crippen molar-refractivity contribution >= 4 is 40.7 Å². The van der Waals surface area contributed by atoms with Crippen molar-refractivity contribution in [2.24, 2.45) is 0 Å². The van der Waals surface area contributed by atoms with Crippen molar-refractivity contribution in [2.75, 3.05) is 24.7 Å². The van der Waals surface area contributed by atoms with Crippen molar-refractivity contribution in [3.63, 3.8) is 0 Å². The highest BCUT2D eigenvalue weighted by atomic mass is 19.4. The Hall–Kier alpha value is -5.48. The van der Waals surface area contributed by atoms with E-state index in [0.717, 1.165) is 11.3 Å². The molecule has 0 radical (unpaired) electrons. The second kappa shape index (κ2) is 14.2. The summed E-state index contributed by atoms with van der Waals surface area (Å²) in [5.74, 6) is -3.38. The number of amides is 1. The van der Waals surface area contributed by atoms with E-state index in [9.17, 15) is 27.6 Å². The Bertz CT molecular complexity index is 1930. The number of alkyl halides is 3. The lowest BCUT2D eigenvalue weighted by molar-refractivity contribution is -0.127. The zero-order valence-electron chi connectivity index (χ0n) is 28.6. The number of para-hydroxylation sites is 1. The van der Waals surface area contributed by atoms with E-state index >= 15 is 4.39 Å². The number of carbonyl (C=O) groups excluding carboxylic acids is 3. The molecule has 0 fully saturated rings. The van der Waals surface area contributed by atoms with Gasteiger partial charge in [0.15, 0.2) is 28.7 Å². The maximum absolute atomic E-state index is 15.5. The second-order valence-corrected chi connectivity index (χ2v) is 13.0. The molecule has 2 aromatic carbocycles. The van der Waals surface area contributed by atoms with Gasteiger partial charge in [-0.1, -0.05) is 18.2 Å². The molecule has 0 spiro atoms. The van der Waals surface area contributed by atoms with Crippen LogP contribution in [0.25, 0.3) is 22.4 Å². The molecule has 0 unspecified atom stereocenters. The molecule has 0 aliphatic rings. The monoisotopic (exact) mass is 703 g/mol. The fraction of sp³-hybridized carbons (Fsp3) is 0.394. The molecule has 0 bridgehead atoms. The van der Waals surface area contributed by atoms with Crippen LogP contribution in [0.3, 0.4) is 0 Å². The Kier molecular flexibility index (Phi) is 10.6. The van der Waals surface area contributed by atoms with E-state index in [1.165, 1.54) is 27.8 Å². The van der Waals surface area contributed by atoms with E-state index in [4.69, 9.17) is 14.2 Å². The molecule has 268 valence electrons. The topological polar surface area (TPSA) is 159 Å². The minimum atomic E-state index is -4.82. The van der Waals surface area contributed by atoms with Crippen LogP contribution in [0, 0.1) is 5.82 Å². The van der Waals surface area contributed by atoms with E-state index in [-0.39, 0.29) is 29.1 Å². The fourth-order valence-electron chi connectivity index (χ4n) is 4.68. The van der Waals surface area contributed by atoms with Gasteiger partial charge in [-0.25, -0.2) is 23.9 Å². The number of hydrogen-bond donors (Lipinski definition) is 3. The number of rotatable bonds is 8. The van der Waals surface area contributed by atoms with Crippen LogP contribution in [-0.4, -0.2) is 69.4 Å². The number of benzene rings is 2. The van der Waals surface area contributed by atoms with Gasteiger partial charge in [-0.05, 0) is 70.9 Å². The van der Waals surface area contributed by atoms with Gasteiger partial charge in [-0.2, -0.15) is 18.3 Å². The molecule has 0 saturated carbocycles. The van der Waals surface area contributed by atoms with Crippen LogP contribution < -0.4 is 20.7 Å². The smallest absolute Gasteiger partial charge is 0.442 e. The van der Waals surface area contributed by atoms with Gasteiger partial charge in [-0.15, -0.1) is 4.68 Å². The summed E-state index contributed by atoms with van der Waals surface area (Å²) in [7, 11) is 3.04. The largest absolute Gasteiger partial charge is 0.514 e. The first-order valence-electron chi connectivity index (χ1n) is 15.3. The molecular weight excluding hydrogens is 666 g/mol. The molecule has 0 saturated heterocycles. The number of anilines is 2. The van der Waals surface area contributed by atoms with Gasteiger partial charge in [0.05, 0.1) is 11.8 Å². The third-order valence-corrected chi connectivity index (χ3v) is 6.64. The molecular formula is C33H37F4N7O6. The number of carbonyl (C=O) groups is 3. The lowest BCUT2D eigenvalue weighted by Crippen LogP contribution is -2.28. The summed E-state index contributed by atoms with van der Waals surface area (Å²) >= 11 is 0. The van der Waals surface area contributed by atoms with Crippen molar-refractivity contribution in [1.29, 1.82) is 0 Å². The van der Waals surface area contributed by atoms with Crippen LogP contribution >= 0.6 is 0 Å². The minimum absolute atomic E-state index is 0.0661. The molecule has 13 nitrogen and oxygen atoms in total. The maximum atomic E-state index is 15.5. The predicted octanol–water partition coefficient (Wildman–Crippen LogP) is 6.85. The summed E-state index contributed by atoms with van der Waals surface area (Å²) in [5.41, 5.74) is -2.23. The Morgan fingerprint density at radius 1 is 0.900 bits per heavy atom. The van der Waals surface area contributed by atoms with Crippen LogP contribution in [0.1, 0.15) is 63.2 Å². The Morgan fingerprint density at radius 2 is 1.56 bits per heavy atom. The lowest BCUT2D eigenvalue weighted by Gasteiger charge is -2.20. The average Bonchev–Trinajstić information content (AvgIpc) is 3.38. The number of aromatic nitrogens is 4. The summed E-state index contributed by atoms with van der Waals surface area (Å²) in [4.78, 5) is 47.5. The standard InChI is InChI=1S/C33H37F4N7O6/c1-31(2,3)49-29(46)44-27-23(24(43-44)28(45)39-8)26(40-16-17-11-9-10-12-21(17)38-7)41-25(42-27)19-14-20(34)22(13-18(19)15-33(35,36)37)48-30(47)50-32(4,5)6/h9-14,38H,15-16H2,1-8H3,(H,39,45)(H,40,41,42). The van der Waals surface area contributed by atoms with Crippen LogP contribution in [-0.2, 0) is 22.4 Å². The van der Waals surface area contributed by atoms with Crippen LogP contribution in [0.2, 0.25) is 0 Å². The summed E-state index contributed by atoms with van der Waals surface area (Å²) < 4.78 is 73.4. The quantitative estimate of drug-likeness (QED) is 0.100. The average molecular weight is 704 g/mol. The number of ether oxygens (including phenoxy) is 3. The van der Waals surface area contributed by atoms with Crippen molar-refractivity contribution < 1.29 is 46.2 Å². The van der Waals surface area contributed by atoms with Crippen molar-refractivity contribution in [3.8, 4) is 17.1 Å². The van der Waals surface area contributed by atoms with Gasteiger partial charge in [0.25, 0.3) is 5.91 Å². The SMILES string of the molecule is CNC(=O)c1nn(C(=O)OC(C)(C)C)c2nc(-c3cc(F)c(OC(=O)OC(C)(C)C)cc3CC(F)(F)F)nc(NCc3ccccc3NC)c12. The Balaban J connectivity index is 2.00. The minimum Gasteiger partial charge on any atom is -0.442 e. The highest BCUT2D eigenvalue weighted by Crippen LogP contribution is 2.36. The zero-order valence-corrected chi connectivity index (χ0v) is 28.6. The summed E-state index contributed by atoms with van der Waals surface area (Å²) in [6.45, 7) is 9.42. The summed E-state index contributed by atoms with van der Waals surface area (Å²) in [6, 6.07) is 8.56. The van der Waals surface area contributed by atoms with Crippen LogP contribution in [0.4, 0.5) is 38.7 Å². The molecule has 1 amide bonds. The van der Waals surface area contributed by atoms with Gasteiger partial charge in [0.1, 0.15) is 17.0 Å². The van der Waals surface area contributed by atoms with Crippen LogP contribution in [0.15, 0.2) is 36.4 Å². The molecule has 2 aromatic heterocycles. The van der Waals surface area contributed by atoms with E-state index in [2.05, 4.69) is 31.0 Å². The van der Waals surface area contributed by atoms with Gasteiger partial charge in [0, 0.05) is 31.9 Å². The molecule has 4 aromatic rings. The van der Waals surface area contributed by atoms with E-state index < -0.39 is 70.5 Å². The number of hydrogen-bond acceptors (Lipinski definition) is 11. The molecule has 0 atom stereocenters. The zero-order chi connectivity index (χ0) is 37.2. The van der Waals surface area contributed by atoms with Crippen molar-refractivity contribution in [2.45, 2.75) is 71.9 Å². The molecule has 2 heterocycles. The van der Waals surface area contributed by atoms with Crippen LogP contribution in [0.5, 0.6) is 5.75 Å². The number of halogens is 4. The van der Waals surface area contributed by atoms with E-state index in [0.29, 0.717) is 16.8 Å². The fourth-order valence-corrected chi connectivity index (χ4v) is 4.68. The third-order valence-electron chi connectivity index (χ3n) is 6.64.